The minimum absolute atomic E-state index is 0.154. The largest absolute Gasteiger partial charge is 0.310 e. The molecule has 1 saturated carbocycles. The van der Waals surface area contributed by atoms with Gasteiger partial charge >= 0.3 is 0 Å². The van der Waals surface area contributed by atoms with Crippen molar-refractivity contribution < 1.29 is 4.92 Å². The van der Waals surface area contributed by atoms with E-state index in [2.05, 4.69) is 12.2 Å². The van der Waals surface area contributed by atoms with E-state index in [1.807, 2.05) is 12.1 Å². The summed E-state index contributed by atoms with van der Waals surface area (Å²) in [6, 6.07) is 7.29. The quantitative estimate of drug-likeness (QED) is 0.621. The van der Waals surface area contributed by atoms with Crippen molar-refractivity contribution in [3.63, 3.8) is 0 Å². The molecule has 1 aliphatic carbocycles. The molecule has 0 amide bonds. The smallest absolute Gasteiger partial charge is 0.269 e. The van der Waals surface area contributed by atoms with Crippen molar-refractivity contribution in [1.29, 1.82) is 0 Å². The van der Waals surface area contributed by atoms with Crippen molar-refractivity contribution in [2.24, 2.45) is 5.92 Å². The molecule has 1 aromatic rings. The maximum Gasteiger partial charge on any atom is 0.269 e. The summed E-state index contributed by atoms with van der Waals surface area (Å²) < 4.78 is 0. The Labute approximate surface area is 108 Å². The van der Waals surface area contributed by atoms with Gasteiger partial charge in [-0.3, -0.25) is 10.1 Å². The normalized spacial score (nSPS) is 17.2. The van der Waals surface area contributed by atoms with Crippen molar-refractivity contribution in [3.05, 3.63) is 39.9 Å². The van der Waals surface area contributed by atoms with Crippen LogP contribution in [0.4, 0.5) is 5.69 Å². The number of hydrogen-bond acceptors (Lipinski definition) is 3. The Morgan fingerprint density at radius 1 is 1.39 bits per heavy atom. The molecule has 0 heterocycles. The summed E-state index contributed by atoms with van der Waals surface area (Å²) in [5.74, 6) is 0.907. The average Bonchev–Trinajstić information content (AvgIpc) is 2.32. The van der Waals surface area contributed by atoms with Gasteiger partial charge in [-0.05, 0) is 24.8 Å². The van der Waals surface area contributed by atoms with Gasteiger partial charge in [0.05, 0.1) is 4.92 Å². The third-order valence-corrected chi connectivity index (χ3v) is 3.71. The van der Waals surface area contributed by atoms with Crippen LogP contribution in [-0.2, 0) is 6.54 Å². The minimum atomic E-state index is -0.365. The Bertz CT molecular complexity index is 399. The molecule has 1 unspecified atom stereocenters. The highest BCUT2D eigenvalue weighted by Gasteiger charge is 2.19. The lowest BCUT2D eigenvalue weighted by Crippen LogP contribution is -2.29. The van der Waals surface area contributed by atoms with Crippen LogP contribution in [0.2, 0.25) is 0 Å². The van der Waals surface area contributed by atoms with Gasteiger partial charge in [-0.2, -0.15) is 0 Å². The predicted molar refractivity (Wildman–Crippen MR) is 71.4 cm³/mol. The SMILES string of the molecule is CC(CC1CCC1)NCc1ccc([N+](=O)[O-])cc1. The maximum absolute atomic E-state index is 10.5. The van der Waals surface area contributed by atoms with E-state index in [1.54, 1.807) is 12.1 Å². The highest BCUT2D eigenvalue weighted by Crippen LogP contribution is 2.30. The lowest BCUT2D eigenvalue weighted by atomic mass is 9.81. The molecule has 1 aliphatic rings. The number of nitro benzene ring substituents is 1. The Hall–Kier alpha value is -1.42. The van der Waals surface area contributed by atoms with Crippen LogP contribution in [0, 0.1) is 16.0 Å². The molecule has 1 N–H and O–H groups in total. The highest BCUT2D eigenvalue weighted by molar-refractivity contribution is 5.32. The van der Waals surface area contributed by atoms with Crippen molar-refractivity contribution in [2.75, 3.05) is 0 Å². The van der Waals surface area contributed by atoms with E-state index in [4.69, 9.17) is 0 Å². The molecule has 98 valence electrons. The van der Waals surface area contributed by atoms with Gasteiger partial charge in [0, 0.05) is 24.7 Å². The maximum atomic E-state index is 10.5. The number of non-ortho nitro benzene ring substituents is 1. The zero-order valence-corrected chi connectivity index (χ0v) is 10.8. The van der Waals surface area contributed by atoms with Gasteiger partial charge in [0.1, 0.15) is 0 Å². The fourth-order valence-electron chi connectivity index (χ4n) is 2.34. The molecule has 4 nitrogen and oxygen atoms in total. The molecule has 2 rings (SSSR count). The van der Waals surface area contributed by atoms with Gasteiger partial charge in [-0.15, -0.1) is 0 Å². The number of rotatable bonds is 6. The van der Waals surface area contributed by atoms with E-state index in [1.165, 1.54) is 25.7 Å². The zero-order valence-electron chi connectivity index (χ0n) is 10.8. The van der Waals surface area contributed by atoms with Crippen molar-refractivity contribution in [1.82, 2.24) is 5.32 Å². The van der Waals surface area contributed by atoms with Crippen molar-refractivity contribution in [2.45, 2.75) is 45.2 Å². The Balaban J connectivity index is 1.76. The lowest BCUT2D eigenvalue weighted by Gasteiger charge is -2.28. The molecular weight excluding hydrogens is 228 g/mol. The number of nitrogens with zero attached hydrogens (tertiary/aromatic N) is 1. The van der Waals surface area contributed by atoms with Crippen LogP contribution in [0.1, 0.15) is 38.2 Å². The van der Waals surface area contributed by atoms with Crippen LogP contribution in [0.15, 0.2) is 24.3 Å². The van der Waals surface area contributed by atoms with E-state index >= 15 is 0 Å². The van der Waals surface area contributed by atoms with E-state index in [0.29, 0.717) is 6.04 Å². The first-order valence-electron chi connectivity index (χ1n) is 6.62. The fraction of sp³-hybridized carbons (Fsp3) is 0.571. The van der Waals surface area contributed by atoms with Crippen LogP contribution >= 0.6 is 0 Å². The number of hydrogen-bond donors (Lipinski definition) is 1. The molecule has 0 saturated heterocycles. The molecular formula is C14H20N2O2. The molecule has 1 aromatic carbocycles. The Morgan fingerprint density at radius 2 is 2.06 bits per heavy atom. The van der Waals surface area contributed by atoms with Crippen LogP contribution < -0.4 is 5.32 Å². The van der Waals surface area contributed by atoms with Crippen LogP contribution in [0.25, 0.3) is 0 Å². The molecule has 0 bridgehead atoms. The summed E-state index contributed by atoms with van der Waals surface area (Å²) in [5, 5.41) is 14.0. The van der Waals surface area contributed by atoms with Gasteiger partial charge in [0.2, 0.25) is 0 Å². The third kappa shape index (κ3) is 3.53. The molecule has 4 heteroatoms. The number of nitrogens with one attached hydrogen (secondary N) is 1. The average molecular weight is 248 g/mol. The summed E-state index contributed by atoms with van der Waals surface area (Å²) in [7, 11) is 0. The molecule has 1 atom stereocenters. The zero-order chi connectivity index (χ0) is 13.0. The standard InChI is InChI=1S/C14H20N2O2/c1-11(9-12-3-2-4-12)15-10-13-5-7-14(8-6-13)16(17)18/h5-8,11-12,15H,2-4,9-10H2,1H3. The monoisotopic (exact) mass is 248 g/mol. The van der Waals surface area contributed by atoms with E-state index < -0.39 is 0 Å². The molecule has 1 fully saturated rings. The summed E-state index contributed by atoms with van der Waals surface area (Å²) in [4.78, 5) is 10.2. The second-order valence-electron chi connectivity index (χ2n) is 5.24. The third-order valence-electron chi connectivity index (χ3n) is 3.71. The summed E-state index contributed by atoms with van der Waals surface area (Å²) in [5.41, 5.74) is 1.25. The fourth-order valence-corrected chi connectivity index (χ4v) is 2.34. The first kappa shape index (κ1) is 13.0. The van der Waals surface area contributed by atoms with Crippen LogP contribution in [-0.4, -0.2) is 11.0 Å². The second-order valence-corrected chi connectivity index (χ2v) is 5.24. The number of nitro groups is 1. The molecule has 0 radical (unpaired) electrons. The number of benzene rings is 1. The summed E-state index contributed by atoms with van der Waals surface area (Å²) in [6.07, 6.45) is 5.39. The van der Waals surface area contributed by atoms with E-state index in [-0.39, 0.29) is 10.6 Å². The van der Waals surface area contributed by atoms with Gasteiger partial charge in [0.25, 0.3) is 5.69 Å². The van der Waals surface area contributed by atoms with Crippen molar-refractivity contribution in [3.8, 4) is 0 Å². The Morgan fingerprint density at radius 3 is 2.56 bits per heavy atom. The Kier molecular flexibility index (Phi) is 4.31. The highest BCUT2D eigenvalue weighted by atomic mass is 16.6. The molecule has 18 heavy (non-hydrogen) atoms. The van der Waals surface area contributed by atoms with Gasteiger partial charge < -0.3 is 5.32 Å². The lowest BCUT2D eigenvalue weighted by molar-refractivity contribution is -0.384. The van der Waals surface area contributed by atoms with Crippen molar-refractivity contribution >= 4 is 5.69 Å². The molecule has 0 spiro atoms. The van der Waals surface area contributed by atoms with Gasteiger partial charge in [-0.25, -0.2) is 0 Å². The topological polar surface area (TPSA) is 55.2 Å². The van der Waals surface area contributed by atoms with Gasteiger partial charge in [0.15, 0.2) is 0 Å². The minimum Gasteiger partial charge on any atom is -0.310 e. The predicted octanol–water partition coefficient (Wildman–Crippen LogP) is 3.26. The second kappa shape index (κ2) is 5.96. The van der Waals surface area contributed by atoms with Gasteiger partial charge in [-0.1, -0.05) is 31.4 Å². The molecule has 0 aliphatic heterocycles. The summed E-state index contributed by atoms with van der Waals surface area (Å²) in [6.45, 7) is 3.00. The van der Waals surface area contributed by atoms with Crippen LogP contribution in [0.3, 0.4) is 0 Å². The van der Waals surface area contributed by atoms with E-state index in [0.717, 1.165) is 18.0 Å². The molecule has 0 aromatic heterocycles. The van der Waals surface area contributed by atoms with E-state index in [9.17, 15) is 10.1 Å². The summed E-state index contributed by atoms with van der Waals surface area (Å²) >= 11 is 0. The van der Waals surface area contributed by atoms with Crippen LogP contribution in [0.5, 0.6) is 0 Å². The first-order valence-corrected chi connectivity index (χ1v) is 6.62. The first-order chi connectivity index (χ1) is 8.65.